The van der Waals surface area contributed by atoms with Crippen molar-refractivity contribution in [1.29, 1.82) is 0 Å². The molecule has 0 saturated carbocycles. The number of nitrogens with zero attached hydrogens (tertiary/aromatic N) is 2. The SMILES string of the molecule is CCNC(=NCCN(CC)CC)NCCSC. The summed E-state index contributed by atoms with van der Waals surface area (Å²) >= 11 is 1.84. The lowest BCUT2D eigenvalue weighted by Crippen LogP contribution is -2.39. The first kappa shape index (κ1) is 16.6. The molecule has 0 aromatic rings. The Kier molecular flexibility index (Phi) is 11.8. The van der Waals surface area contributed by atoms with E-state index in [0.29, 0.717) is 0 Å². The molecule has 4 nitrogen and oxygen atoms in total. The molecular formula is C12H28N4S. The van der Waals surface area contributed by atoms with E-state index in [-0.39, 0.29) is 0 Å². The van der Waals surface area contributed by atoms with Crippen molar-refractivity contribution < 1.29 is 0 Å². The topological polar surface area (TPSA) is 39.7 Å². The Hall–Kier alpha value is -0.420. The summed E-state index contributed by atoms with van der Waals surface area (Å²) in [6, 6.07) is 0. The number of guanidine groups is 1. The van der Waals surface area contributed by atoms with Gasteiger partial charge in [-0.1, -0.05) is 13.8 Å². The minimum Gasteiger partial charge on any atom is -0.357 e. The molecule has 0 saturated heterocycles. The van der Waals surface area contributed by atoms with E-state index in [1.54, 1.807) is 0 Å². The van der Waals surface area contributed by atoms with Crippen LogP contribution in [0.2, 0.25) is 0 Å². The van der Waals surface area contributed by atoms with Gasteiger partial charge in [0.05, 0.1) is 6.54 Å². The third kappa shape index (κ3) is 9.30. The van der Waals surface area contributed by atoms with Crippen molar-refractivity contribution in [2.24, 2.45) is 4.99 Å². The quantitative estimate of drug-likeness (QED) is 0.372. The molecule has 0 aliphatic carbocycles. The second-order valence-electron chi connectivity index (χ2n) is 3.71. The van der Waals surface area contributed by atoms with Gasteiger partial charge in [0.25, 0.3) is 0 Å². The van der Waals surface area contributed by atoms with Crippen molar-refractivity contribution >= 4 is 17.7 Å². The average molecular weight is 260 g/mol. The summed E-state index contributed by atoms with van der Waals surface area (Å²) in [6.07, 6.45) is 2.12. The second kappa shape index (κ2) is 12.0. The Morgan fingerprint density at radius 2 is 1.88 bits per heavy atom. The zero-order valence-electron chi connectivity index (χ0n) is 11.8. The smallest absolute Gasteiger partial charge is 0.191 e. The molecule has 0 amide bonds. The maximum Gasteiger partial charge on any atom is 0.191 e. The Bertz CT molecular complexity index is 193. The number of thioether (sulfide) groups is 1. The van der Waals surface area contributed by atoms with Gasteiger partial charge in [0, 0.05) is 25.4 Å². The molecule has 0 atom stereocenters. The monoisotopic (exact) mass is 260 g/mol. The van der Waals surface area contributed by atoms with Crippen LogP contribution in [0.4, 0.5) is 0 Å². The summed E-state index contributed by atoms with van der Waals surface area (Å²) in [7, 11) is 0. The van der Waals surface area contributed by atoms with Crippen molar-refractivity contribution in [3.05, 3.63) is 0 Å². The molecule has 0 spiro atoms. The van der Waals surface area contributed by atoms with Crippen LogP contribution < -0.4 is 10.6 Å². The van der Waals surface area contributed by atoms with Crippen LogP contribution in [0.15, 0.2) is 4.99 Å². The molecular weight excluding hydrogens is 232 g/mol. The van der Waals surface area contributed by atoms with E-state index >= 15 is 0 Å². The summed E-state index contributed by atoms with van der Waals surface area (Å²) in [4.78, 5) is 6.95. The molecule has 0 unspecified atom stereocenters. The standard InChI is InChI=1S/C12H28N4S/c1-5-13-12(15-9-11-17-4)14-8-10-16(6-2)7-3/h5-11H2,1-4H3,(H2,13,14,15). The normalized spacial score (nSPS) is 11.9. The highest BCUT2D eigenvalue weighted by molar-refractivity contribution is 7.98. The van der Waals surface area contributed by atoms with Crippen LogP contribution in [0, 0.1) is 0 Å². The number of hydrogen-bond donors (Lipinski definition) is 2. The van der Waals surface area contributed by atoms with Gasteiger partial charge in [-0.2, -0.15) is 11.8 Å². The van der Waals surface area contributed by atoms with Gasteiger partial charge >= 0.3 is 0 Å². The predicted molar refractivity (Wildman–Crippen MR) is 80.2 cm³/mol. The molecule has 0 rings (SSSR count). The Balaban J connectivity index is 3.92. The molecule has 0 aliphatic rings. The predicted octanol–water partition coefficient (Wildman–Crippen LogP) is 1.25. The molecule has 0 aliphatic heterocycles. The lowest BCUT2D eigenvalue weighted by atomic mass is 10.5. The molecule has 0 bridgehead atoms. The van der Waals surface area contributed by atoms with Crippen LogP contribution in [0.1, 0.15) is 20.8 Å². The summed E-state index contributed by atoms with van der Waals surface area (Å²) in [6.45, 7) is 12.4. The van der Waals surface area contributed by atoms with Crippen molar-refractivity contribution in [1.82, 2.24) is 15.5 Å². The van der Waals surface area contributed by atoms with Gasteiger partial charge in [0.15, 0.2) is 5.96 Å². The average Bonchev–Trinajstić information content (AvgIpc) is 2.35. The molecule has 0 aromatic heterocycles. The minimum atomic E-state index is 0.857. The van der Waals surface area contributed by atoms with Crippen molar-refractivity contribution in [2.75, 3.05) is 51.3 Å². The Morgan fingerprint density at radius 1 is 1.18 bits per heavy atom. The maximum atomic E-state index is 4.56. The van der Waals surface area contributed by atoms with Crippen LogP contribution >= 0.6 is 11.8 Å². The molecule has 102 valence electrons. The molecule has 17 heavy (non-hydrogen) atoms. The largest absolute Gasteiger partial charge is 0.357 e. The highest BCUT2D eigenvalue weighted by Gasteiger charge is 1.99. The highest BCUT2D eigenvalue weighted by atomic mass is 32.2. The Morgan fingerprint density at radius 3 is 2.41 bits per heavy atom. The van der Waals surface area contributed by atoms with E-state index in [1.807, 2.05) is 11.8 Å². The van der Waals surface area contributed by atoms with Crippen LogP contribution in [0.5, 0.6) is 0 Å². The van der Waals surface area contributed by atoms with Gasteiger partial charge in [-0.15, -0.1) is 0 Å². The van der Waals surface area contributed by atoms with Crippen LogP contribution in [-0.2, 0) is 0 Å². The van der Waals surface area contributed by atoms with Gasteiger partial charge in [0.2, 0.25) is 0 Å². The van der Waals surface area contributed by atoms with Crippen molar-refractivity contribution in [2.45, 2.75) is 20.8 Å². The van der Waals surface area contributed by atoms with E-state index < -0.39 is 0 Å². The summed E-state index contributed by atoms with van der Waals surface area (Å²) in [5.41, 5.74) is 0. The molecule has 0 fully saturated rings. The molecule has 0 radical (unpaired) electrons. The number of likely N-dealkylation sites (N-methyl/N-ethyl adjacent to an activating group) is 1. The van der Waals surface area contributed by atoms with Crippen LogP contribution in [0.3, 0.4) is 0 Å². The summed E-state index contributed by atoms with van der Waals surface area (Å²) < 4.78 is 0. The molecule has 0 heterocycles. The van der Waals surface area contributed by atoms with E-state index in [2.05, 4.69) is 47.6 Å². The zero-order valence-corrected chi connectivity index (χ0v) is 12.6. The van der Waals surface area contributed by atoms with E-state index in [0.717, 1.165) is 51.0 Å². The highest BCUT2D eigenvalue weighted by Crippen LogP contribution is 1.88. The number of nitrogens with one attached hydrogen (secondary N) is 2. The number of aliphatic imine (C=N–C) groups is 1. The van der Waals surface area contributed by atoms with E-state index in [4.69, 9.17) is 0 Å². The number of hydrogen-bond acceptors (Lipinski definition) is 3. The number of rotatable bonds is 9. The summed E-state index contributed by atoms with van der Waals surface area (Å²) in [5, 5.41) is 6.59. The van der Waals surface area contributed by atoms with Gasteiger partial charge in [-0.25, -0.2) is 0 Å². The first-order valence-electron chi connectivity index (χ1n) is 6.51. The fourth-order valence-corrected chi connectivity index (χ4v) is 1.76. The lowest BCUT2D eigenvalue weighted by Gasteiger charge is -2.17. The first-order chi connectivity index (χ1) is 8.28. The van der Waals surface area contributed by atoms with E-state index in [9.17, 15) is 0 Å². The fourth-order valence-electron chi connectivity index (χ4n) is 1.46. The van der Waals surface area contributed by atoms with E-state index in [1.165, 1.54) is 0 Å². The zero-order chi connectivity index (χ0) is 12.9. The van der Waals surface area contributed by atoms with Crippen LogP contribution in [-0.4, -0.2) is 62.1 Å². The van der Waals surface area contributed by atoms with Crippen LogP contribution in [0.25, 0.3) is 0 Å². The molecule has 0 aromatic carbocycles. The van der Waals surface area contributed by atoms with Gasteiger partial charge in [-0.05, 0) is 26.3 Å². The van der Waals surface area contributed by atoms with Crippen molar-refractivity contribution in [3.8, 4) is 0 Å². The first-order valence-corrected chi connectivity index (χ1v) is 7.91. The minimum absolute atomic E-state index is 0.857. The van der Waals surface area contributed by atoms with Gasteiger partial charge < -0.3 is 15.5 Å². The second-order valence-corrected chi connectivity index (χ2v) is 4.69. The third-order valence-corrected chi connectivity index (χ3v) is 3.14. The molecule has 5 heteroatoms. The lowest BCUT2D eigenvalue weighted by molar-refractivity contribution is 0.313. The maximum absolute atomic E-state index is 4.56. The Labute approximate surface area is 111 Å². The fraction of sp³-hybridized carbons (Fsp3) is 0.917. The summed E-state index contributed by atoms with van der Waals surface area (Å²) in [5.74, 6) is 2.05. The van der Waals surface area contributed by atoms with Gasteiger partial charge in [0.1, 0.15) is 0 Å². The van der Waals surface area contributed by atoms with Crippen molar-refractivity contribution in [3.63, 3.8) is 0 Å². The molecule has 2 N–H and O–H groups in total. The van der Waals surface area contributed by atoms with Gasteiger partial charge in [-0.3, -0.25) is 4.99 Å². The third-order valence-electron chi connectivity index (χ3n) is 2.52.